The third-order valence-corrected chi connectivity index (χ3v) is 6.35. The smallest absolute Gasteiger partial charge is 0.289 e. The van der Waals surface area contributed by atoms with E-state index in [1.54, 1.807) is 11.3 Å². The number of rotatable bonds is 4. The van der Waals surface area contributed by atoms with Gasteiger partial charge in [-0.1, -0.05) is 0 Å². The molecular formula is C18H26N6OS. The molecule has 2 aliphatic heterocycles. The Bertz CT molecular complexity index is 761. The van der Waals surface area contributed by atoms with E-state index in [4.69, 9.17) is 0 Å². The molecule has 4 heterocycles. The van der Waals surface area contributed by atoms with Crippen LogP contribution in [0.4, 0.5) is 0 Å². The minimum absolute atomic E-state index is 0.0992. The second kappa shape index (κ2) is 7.08. The normalized spacial score (nSPS) is 19.7. The minimum atomic E-state index is -0.114. The fourth-order valence-electron chi connectivity index (χ4n) is 4.09. The summed E-state index contributed by atoms with van der Waals surface area (Å²) >= 11 is 1.73. The van der Waals surface area contributed by atoms with Crippen molar-refractivity contribution in [3.8, 4) is 0 Å². The van der Waals surface area contributed by atoms with Gasteiger partial charge in [-0.2, -0.15) is 0 Å². The Kier molecular flexibility index (Phi) is 4.79. The molecule has 26 heavy (non-hydrogen) atoms. The highest BCUT2D eigenvalue weighted by molar-refractivity contribution is 7.09. The van der Waals surface area contributed by atoms with E-state index in [1.165, 1.54) is 5.01 Å². The molecule has 1 N–H and O–H groups in total. The lowest BCUT2D eigenvalue weighted by atomic mass is 9.73. The summed E-state index contributed by atoms with van der Waals surface area (Å²) in [5.74, 6) is 1.31. The van der Waals surface area contributed by atoms with Crippen molar-refractivity contribution in [1.82, 2.24) is 30.0 Å². The molecule has 1 saturated heterocycles. The largest absolute Gasteiger partial charge is 0.347 e. The predicted octanol–water partition coefficient (Wildman–Crippen LogP) is 2.10. The van der Waals surface area contributed by atoms with Crippen LogP contribution in [0, 0.1) is 5.41 Å². The standard InChI is InChI=1S/C18H26N6OS/c1-13(2)20-17(25)16-22-21-14-3-4-18(12-24(14)16)5-8-23(9-6-18)11-15-19-7-10-26-15/h7,10,13H,3-6,8-9,11-12H2,1-2H3,(H,20,25). The molecule has 1 fully saturated rings. The molecule has 0 aliphatic carbocycles. The Labute approximate surface area is 157 Å². The van der Waals surface area contributed by atoms with E-state index < -0.39 is 0 Å². The molecule has 1 amide bonds. The van der Waals surface area contributed by atoms with Crippen molar-refractivity contribution in [2.24, 2.45) is 5.41 Å². The number of carbonyl (C=O) groups is 1. The number of carbonyl (C=O) groups excluding carboxylic acids is 1. The maximum absolute atomic E-state index is 12.4. The van der Waals surface area contributed by atoms with Gasteiger partial charge in [0, 0.05) is 30.6 Å². The monoisotopic (exact) mass is 374 g/mol. The number of nitrogens with one attached hydrogen (secondary N) is 1. The van der Waals surface area contributed by atoms with Crippen molar-refractivity contribution in [1.29, 1.82) is 0 Å². The Hall–Kier alpha value is -1.80. The molecule has 0 unspecified atom stereocenters. The summed E-state index contributed by atoms with van der Waals surface area (Å²) in [6.45, 7) is 7.92. The number of nitrogens with zero attached hydrogens (tertiary/aromatic N) is 5. The zero-order valence-electron chi connectivity index (χ0n) is 15.4. The molecule has 2 aromatic heterocycles. The Balaban J connectivity index is 1.43. The van der Waals surface area contributed by atoms with Gasteiger partial charge in [0.05, 0.1) is 6.54 Å². The van der Waals surface area contributed by atoms with E-state index in [1.807, 2.05) is 25.4 Å². The number of likely N-dealkylation sites (tertiary alicyclic amines) is 1. The highest BCUT2D eigenvalue weighted by Crippen LogP contribution is 2.41. The van der Waals surface area contributed by atoms with Gasteiger partial charge in [-0.05, 0) is 51.6 Å². The molecular weight excluding hydrogens is 348 g/mol. The van der Waals surface area contributed by atoms with E-state index in [9.17, 15) is 4.79 Å². The highest BCUT2D eigenvalue weighted by Gasteiger charge is 2.39. The molecule has 0 radical (unpaired) electrons. The fraction of sp³-hybridized carbons (Fsp3) is 0.667. The van der Waals surface area contributed by atoms with E-state index in [-0.39, 0.29) is 17.4 Å². The Morgan fingerprint density at radius 3 is 2.81 bits per heavy atom. The second-order valence-electron chi connectivity index (χ2n) is 7.86. The SMILES string of the molecule is CC(C)NC(=O)c1nnc2n1CC1(CC2)CCN(Cc2nccs2)CC1. The van der Waals surface area contributed by atoms with Crippen molar-refractivity contribution >= 4 is 17.2 Å². The second-order valence-corrected chi connectivity index (χ2v) is 8.84. The van der Waals surface area contributed by atoms with Gasteiger partial charge in [-0.3, -0.25) is 9.69 Å². The first-order valence-electron chi connectivity index (χ1n) is 9.38. The average molecular weight is 375 g/mol. The third kappa shape index (κ3) is 3.53. The van der Waals surface area contributed by atoms with Gasteiger partial charge in [-0.15, -0.1) is 21.5 Å². The predicted molar refractivity (Wildman–Crippen MR) is 100 cm³/mol. The van der Waals surface area contributed by atoms with Crippen LogP contribution in [0.1, 0.15) is 54.6 Å². The van der Waals surface area contributed by atoms with Crippen LogP contribution in [0.2, 0.25) is 0 Å². The van der Waals surface area contributed by atoms with Crippen LogP contribution in [0.3, 0.4) is 0 Å². The molecule has 8 heteroatoms. The number of thiazole rings is 1. The summed E-state index contributed by atoms with van der Waals surface area (Å²) < 4.78 is 2.07. The first-order valence-corrected chi connectivity index (χ1v) is 10.3. The van der Waals surface area contributed by atoms with Crippen molar-refractivity contribution in [2.45, 2.75) is 58.7 Å². The molecule has 2 aromatic rings. The number of amides is 1. The zero-order chi connectivity index (χ0) is 18.1. The van der Waals surface area contributed by atoms with Gasteiger partial charge in [0.25, 0.3) is 5.91 Å². The first kappa shape index (κ1) is 17.6. The third-order valence-electron chi connectivity index (χ3n) is 5.58. The van der Waals surface area contributed by atoms with Crippen LogP contribution in [-0.4, -0.2) is 49.7 Å². The van der Waals surface area contributed by atoms with E-state index >= 15 is 0 Å². The molecule has 0 aromatic carbocycles. The fourth-order valence-corrected chi connectivity index (χ4v) is 4.75. The van der Waals surface area contributed by atoms with Gasteiger partial charge in [-0.25, -0.2) is 4.98 Å². The first-order chi connectivity index (χ1) is 12.5. The van der Waals surface area contributed by atoms with Gasteiger partial charge < -0.3 is 9.88 Å². The lowest BCUT2D eigenvalue weighted by Crippen LogP contribution is -2.45. The minimum Gasteiger partial charge on any atom is -0.347 e. The van der Waals surface area contributed by atoms with Gasteiger partial charge in [0.15, 0.2) is 0 Å². The van der Waals surface area contributed by atoms with E-state index in [2.05, 4.69) is 30.0 Å². The van der Waals surface area contributed by atoms with E-state index in [0.717, 1.165) is 57.7 Å². The van der Waals surface area contributed by atoms with Crippen LogP contribution >= 0.6 is 11.3 Å². The van der Waals surface area contributed by atoms with Crippen molar-refractivity contribution in [2.75, 3.05) is 13.1 Å². The molecule has 0 saturated carbocycles. The van der Waals surface area contributed by atoms with Crippen molar-refractivity contribution < 1.29 is 4.79 Å². The Morgan fingerprint density at radius 1 is 1.31 bits per heavy atom. The molecule has 0 bridgehead atoms. The number of fused-ring (bicyclic) bond motifs is 1. The van der Waals surface area contributed by atoms with Crippen LogP contribution < -0.4 is 5.32 Å². The van der Waals surface area contributed by atoms with Gasteiger partial charge in [0.2, 0.25) is 5.82 Å². The van der Waals surface area contributed by atoms with Gasteiger partial charge >= 0.3 is 0 Å². The van der Waals surface area contributed by atoms with E-state index in [0.29, 0.717) is 5.82 Å². The summed E-state index contributed by atoms with van der Waals surface area (Å²) in [7, 11) is 0. The molecule has 1 spiro atoms. The Morgan fingerprint density at radius 2 is 2.12 bits per heavy atom. The summed E-state index contributed by atoms with van der Waals surface area (Å²) in [6.07, 6.45) is 6.24. The summed E-state index contributed by atoms with van der Waals surface area (Å²) in [6, 6.07) is 0.0992. The quantitative estimate of drug-likeness (QED) is 0.887. The number of piperidine rings is 1. The molecule has 2 aliphatic rings. The molecule has 0 atom stereocenters. The molecule has 140 valence electrons. The van der Waals surface area contributed by atoms with Crippen molar-refractivity contribution in [3.63, 3.8) is 0 Å². The average Bonchev–Trinajstić information content (AvgIpc) is 3.26. The number of aromatic nitrogens is 4. The van der Waals surface area contributed by atoms with Crippen molar-refractivity contribution in [3.05, 3.63) is 28.2 Å². The summed E-state index contributed by atoms with van der Waals surface area (Å²) in [5, 5.41) is 14.6. The number of hydrogen-bond donors (Lipinski definition) is 1. The topological polar surface area (TPSA) is 75.9 Å². The van der Waals surface area contributed by atoms with Crippen LogP contribution in [0.5, 0.6) is 0 Å². The summed E-state index contributed by atoms with van der Waals surface area (Å²) in [5.41, 5.74) is 0.265. The van der Waals surface area contributed by atoms with Crippen LogP contribution in [0.25, 0.3) is 0 Å². The molecule has 7 nitrogen and oxygen atoms in total. The lowest BCUT2D eigenvalue weighted by molar-refractivity contribution is 0.0617. The van der Waals surface area contributed by atoms with Crippen LogP contribution in [-0.2, 0) is 19.5 Å². The maximum atomic E-state index is 12.4. The highest BCUT2D eigenvalue weighted by atomic mass is 32.1. The zero-order valence-corrected chi connectivity index (χ0v) is 16.3. The van der Waals surface area contributed by atoms with Crippen LogP contribution in [0.15, 0.2) is 11.6 Å². The number of aryl methyl sites for hydroxylation is 1. The van der Waals surface area contributed by atoms with Gasteiger partial charge in [0.1, 0.15) is 10.8 Å². The number of hydrogen-bond acceptors (Lipinski definition) is 6. The lowest BCUT2D eigenvalue weighted by Gasteiger charge is -2.44. The summed E-state index contributed by atoms with van der Waals surface area (Å²) in [4.78, 5) is 19.3. The molecule has 4 rings (SSSR count). The maximum Gasteiger partial charge on any atom is 0.289 e.